The Bertz CT molecular complexity index is 414. The van der Waals surface area contributed by atoms with Crippen molar-refractivity contribution in [1.29, 1.82) is 0 Å². The van der Waals surface area contributed by atoms with Crippen molar-refractivity contribution in [2.75, 3.05) is 17.3 Å². The first-order valence-electron chi connectivity index (χ1n) is 7.14. The van der Waals surface area contributed by atoms with Gasteiger partial charge in [-0.15, -0.1) is 0 Å². The van der Waals surface area contributed by atoms with Gasteiger partial charge >= 0.3 is 0 Å². The summed E-state index contributed by atoms with van der Waals surface area (Å²) in [7, 11) is 0. The van der Waals surface area contributed by atoms with Crippen LogP contribution in [0.1, 0.15) is 42.3 Å². The van der Waals surface area contributed by atoms with Crippen LogP contribution in [0.25, 0.3) is 0 Å². The van der Waals surface area contributed by atoms with Gasteiger partial charge in [0.25, 0.3) is 0 Å². The Morgan fingerprint density at radius 3 is 2.68 bits per heavy atom. The van der Waals surface area contributed by atoms with E-state index >= 15 is 0 Å². The average molecular weight is 294 g/mol. The number of nitrogens with two attached hydrogens (primary N) is 1. The Morgan fingerprint density at radius 2 is 2.05 bits per heavy atom. The molecule has 2 aliphatic rings. The molecule has 0 amide bonds. The maximum Gasteiger partial charge on any atom is 0.0589 e. The van der Waals surface area contributed by atoms with Crippen LogP contribution < -0.4 is 11.3 Å². The molecule has 3 rings (SSSR count). The molecule has 104 valence electrons. The second kappa shape index (κ2) is 6.53. The van der Waals surface area contributed by atoms with Crippen molar-refractivity contribution >= 4 is 23.5 Å². The lowest BCUT2D eigenvalue weighted by atomic mass is 9.77. The maximum absolute atomic E-state index is 5.89. The smallest absolute Gasteiger partial charge is 0.0589 e. The summed E-state index contributed by atoms with van der Waals surface area (Å²) in [5.41, 5.74) is 6.07. The highest BCUT2D eigenvalue weighted by atomic mass is 32.2. The lowest BCUT2D eigenvalue weighted by Gasteiger charge is -2.34. The average Bonchev–Trinajstić information content (AvgIpc) is 2.41. The number of hydrogen-bond donors (Lipinski definition) is 2. The quantitative estimate of drug-likeness (QED) is 0.660. The minimum atomic E-state index is 0.301. The molecule has 1 saturated heterocycles. The van der Waals surface area contributed by atoms with Crippen LogP contribution in [0.15, 0.2) is 24.3 Å². The SMILES string of the molecule is NNC(c1ccccc1C1CCC1)C1CSCCS1. The maximum atomic E-state index is 5.89. The third-order valence-electron chi connectivity index (χ3n) is 4.27. The molecule has 1 aliphatic carbocycles. The van der Waals surface area contributed by atoms with E-state index in [9.17, 15) is 0 Å². The van der Waals surface area contributed by atoms with Gasteiger partial charge < -0.3 is 0 Å². The minimum Gasteiger partial charge on any atom is -0.271 e. The summed E-state index contributed by atoms with van der Waals surface area (Å²) < 4.78 is 0. The summed E-state index contributed by atoms with van der Waals surface area (Å²) in [6.45, 7) is 0. The number of nitrogens with one attached hydrogen (secondary N) is 1. The van der Waals surface area contributed by atoms with Crippen molar-refractivity contribution in [1.82, 2.24) is 5.43 Å². The zero-order valence-corrected chi connectivity index (χ0v) is 12.8. The first kappa shape index (κ1) is 13.8. The van der Waals surface area contributed by atoms with Crippen LogP contribution in [-0.2, 0) is 0 Å². The fraction of sp³-hybridized carbons (Fsp3) is 0.600. The summed E-state index contributed by atoms with van der Waals surface area (Å²) >= 11 is 4.13. The Labute approximate surface area is 124 Å². The van der Waals surface area contributed by atoms with Crippen molar-refractivity contribution in [2.45, 2.75) is 36.5 Å². The van der Waals surface area contributed by atoms with E-state index < -0.39 is 0 Å². The second-order valence-corrected chi connectivity index (χ2v) is 7.88. The number of hydrazine groups is 1. The third-order valence-corrected chi connectivity index (χ3v) is 7.13. The van der Waals surface area contributed by atoms with E-state index in [4.69, 9.17) is 5.84 Å². The molecule has 1 aliphatic heterocycles. The molecule has 2 fully saturated rings. The van der Waals surface area contributed by atoms with Gasteiger partial charge in [0.2, 0.25) is 0 Å². The fourth-order valence-electron chi connectivity index (χ4n) is 2.98. The molecule has 0 radical (unpaired) electrons. The van der Waals surface area contributed by atoms with Crippen LogP contribution in [0.3, 0.4) is 0 Å². The summed E-state index contributed by atoms with van der Waals surface area (Å²) in [6.07, 6.45) is 4.08. The van der Waals surface area contributed by atoms with Crippen LogP contribution >= 0.6 is 23.5 Å². The lowest BCUT2D eigenvalue weighted by molar-refractivity contribution is 0.411. The normalized spacial score (nSPS) is 25.8. The topological polar surface area (TPSA) is 38.0 Å². The molecule has 2 unspecified atom stereocenters. The van der Waals surface area contributed by atoms with E-state index in [-0.39, 0.29) is 0 Å². The van der Waals surface area contributed by atoms with Crippen molar-refractivity contribution in [3.05, 3.63) is 35.4 Å². The Balaban J connectivity index is 1.85. The molecule has 0 bridgehead atoms. The first-order valence-corrected chi connectivity index (χ1v) is 9.35. The second-order valence-electron chi connectivity index (χ2n) is 5.39. The van der Waals surface area contributed by atoms with Crippen LogP contribution in [-0.4, -0.2) is 22.5 Å². The molecule has 1 saturated carbocycles. The highest BCUT2D eigenvalue weighted by Gasteiger charge is 2.30. The predicted octanol–water partition coefficient (Wildman–Crippen LogP) is 3.31. The van der Waals surface area contributed by atoms with E-state index in [0.29, 0.717) is 11.3 Å². The number of thioether (sulfide) groups is 2. The van der Waals surface area contributed by atoms with Gasteiger partial charge in [0.05, 0.1) is 6.04 Å². The number of hydrogen-bond acceptors (Lipinski definition) is 4. The monoisotopic (exact) mass is 294 g/mol. The Morgan fingerprint density at radius 1 is 1.21 bits per heavy atom. The Hall–Kier alpha value is -0.160. The molecule has 3 N–H and O–H groups in total. The molecular weight excluding hydrogens is 272 g/mol. The zero-order chi connectivity index (χ0) is 13.1. The van der Waals surface area contributed by atoms with Gasteiger partial charge in [-0.2, -0.15) is 23.5 Å². The molecular formula is C15H22N2S2. The van der Waals surface area contributed by atoms with E-state index in [0.717, 1.165) is 5.92 Å². The largest absolute Gasteiger partial charge is 0.271 e. The van der Waals surface area contributed by atoms with Crippen LogP contribution in [0.2, 0.25) is 0 Å². The summed E-state index contributed by atoms with van der Waals surface area (Å²) in [5, 5.41) is 0.602. The van der Waals surface area contributed by atoms with Gasteiger partial charge in [0.1, 0.15) is 0 Å². The molecule has 1 heterocycles. The van der Waals surface area contributed by atoms with Crippen LogP contribution in [0, 0.1) is 0 Å². The molecule has 0 aromatic heterocycles. The van der Waals surface area contributed by atoms with Gasteiger partial charge in [-0.25, -0.2) is 0 Å². The van der Waals surface area contributed by atoms with Crippen molar-refractivity contribution in [3.63, 3.8) is 0 Å². The minimum absolute atomic E-state index is 0.301. The van der Waals surface area contributed by atoms with E-state index in [1.165, 1.54) is 47.6 Å². The molecule has 2 atom stereocenters. The first-order chi connectivity index (χ1) is 9.40. The van der Waals surface area contributed by atoms with E-state index in [1.54, 1.807) is 0 Å². The van der Waals surface area contributed by atoms with E-state index in [2.05, 4.69) is 53.2 Å². The molecule has 1 aromatic rings. The molecule has 1 aromatic carbocycles. The van der Waals surface area contributed by atoms with Gasteiger partial charge in [-0.3, -0.25) is 11.3 Å². The molecule has 2 nitrogen and oxygen atoms in total. The number of rotatable bonds is 4. The van der Waals surface area contributed by atoms with Gasteiger partial charge in [0.15, 0.2) is 0 Å². The molecule has 19 heavy (non-hydrogen) atoms. The third kappa shape index (κ3) is 2.97. The molecule has 0 spiro atoms. The fourth-order valence-corrected chi connectivity index (χ4v) is 5.82. The standard InChI is InChI=1S/C15H22N2S2/c16-17-15(14-10-18-8-9-19-14)13-7-2-1-6-12(13)11-4-3-5-11/h1-2,6-7,11,14-15,17H,3-5,8-10,16H2. The Kier molecular flexibility index (Phi) is 4.74. The highest BCUT2D eigenvalue weighted by Crippen LogP contribution is 2.42. The van der Waals surface area contributed by atoms with Crippen LogP contribution in [0.4, 0.5) is 0 Å². The summed E-state index contributed by atoms with van der Waals surface area (Å²) in [5.74, 6) is 10.4. The van der Waals surface area contributed by atoms with Gasteiger partial charge in [0, 0.05) is 22.5 Å². The predicted molar refractivity (Wildman–Crippen MR) is 86.7 cm³/mol. The van der Waals surface area contributed by atoms with Gasteiger partial charge in [-0.1, -0.05) is 30.7 Å². The number of benzene rings is 1. The summed E-state index contributed by atoms with van der Waals surface area (Å²) in [4.78, 5) is 0. The van der Waals surface area contributed by atoms with Crippen LogP contribution in [0.5, 0.6) is 0 Å². The zero-order valence-electron chi connectivity index (χ0n) is 11.2. The molecule has 4 heteroatoms. The lowest BCUT2D eigenvalue weighted by Crippen LogP contribution is -2.38. The summed E-state index contributed by atoms with van der Waals surface area (Å²) in [6, 6.07) is 9.22. The highest BCUT2D eigenvalue weighted by molar-refractivity contribution is 8.06. The van der Waals surface area contributed by atoms with Crippen molar-refractivity contribution in [2.24, 2.45) is 5.84 Å². The van der Waals surface area contributed by atoms with Gasteiger partial charge in [-0.05, 0) is 29.9 Å². The van der Waals surface area contributed by atoms with E-state index in [1.807, 2.05) is 0 Å². The van der Waals surface area contributed by atoms with Crippen molar-refractivity contribution < 1.29 is 0 Å². The van der Waals surface area contributed by atoms with Crippen molar-refractivity contribution in [3.8, 4) is 0 Å².